The van der Waals surface area contributed by atoms with Crippen LogP contribution in [-0.2, 0) is 0 Å². The van der Waals surface area contributed by atoms with Crippen molar-refractivity contribution < 1.29 is 4.42 Å². The number of benzene rings is 1. The van der Waals surface area contributed by atoms with Crippen LogP contribution in [0.3, 0.4) is 0 Å². The molecule has 1 unspecified atom stereocenters. The fraction of sp³-hybridized carbons (Fsp3) is 0.0769. The second-order valence-corrected chi connectivity index (χ2v) is 5.68. The van der Waals surface area contributed by atoms with Crippen molar-refractivity contribution in [2.45, 2.75) is 6.04 Å². The highest BCUT2D eigenvalue weighted by Gasteiger charge is 2.19. The van der Waals surface area contributed by atoms with Crippen LogP contribution in [0.4, 0.5) is 0 Å². The molecule has 0 saturated heterocycles. The molecule has 0 spiro atoms. The van der Waals surface area contributed by atoms with Gasteiger partial charge >= 0.3 is 0 Å². The van der Waals surface area contributed by atoms with E-state index >= 15 is 0 Å². The van der Waals surface area contributed by atoms with Crippen LogP contribution in [0.5, 0.6) is 0 Å². The third kappa shape index (κ3) is 1.93. The van der Waals surface area contributed by atoms with E-state index in [2.05, 4.69) is 5.43 Å². The van der Waals surface area contributed by atoms with Crippen LogP contribution in [0.2, 0.25) is 4.34 Å². The Hall–Kier alpha value is -1.33. The van der Waals surface area contributed by atoms with Crippen molar-refractivity contribution in [2.75, 3.05) is 0 Å². The average molecular weight is 279 g/mol. The van der Waals surface area contributed by atoms with Crippen LogP contribution in [-0.4, -0.2) is 0 Å². The Kier molecular flexibility index (Phi) is 3.09. The summed E-state index contributed by atoms with van der Waals surface area (Å²) in [6.07, 6.45) is 1.74. The number of para-hydroxylation sites is 1. The zero-order valence-electron chi connectivity index (χ0n) is 9.39. The molecule has 2 aromatic heterocycles. The minimum atomic E-state index is -0.105. The molecule has 3 rings (SSSR count). The van der Waals surface area contributed by atoms with E-state index in [1.165, 1.54) is 11.3 Å². The first-order valence-corrected chi connectivity index (χ1v) is 6.66. The molecule has 1 aromatic carbocycles. The van der Waals surface area contributed by atoms with E-state index in [1.54, 1.807) is 6.26 Å². The molecule has 0 saturated carbocycles. The van der Waals surface area contributed by atoms with E-state index in [0.29, 0.717) is 0 Å². The Bertz CT molecular complexity index is 676. The summed E-state index contributed by atoms with van der Waals surface area (Å²) in [6.45, 7) is 0. The van der Waals surface area contributed by atoms with Crippen LogP contribution in [0.15, 0.2) is 47.1 Å². The molecule has 3 aromatic rings. The fourth-order valence-electron chi connectivity index (χ4n) is 2.03. The second-order valence-electron chi connectivity index (χ2n) is 3.93. The first kappa shape index (κ1) is 11.7. The molecule has 0 aliphatic carbocycles. The van der Waals surface area contributed by atoms with Crippen LogP contribution < -0.4 is 11.3 Å². The monoisotopic (exact) mass is 278 g/mol. The maximum absolute atomic E-state index is 5.97. The molecule has 5 heteroatoms. The molecule has 0 bridgehead atoms. The maximum atomic E-state index is 5.97. The molecule has 3 nitrogen and oxygen atoms in total. The zero-order valence-corrected chi connectivity index (χ0v) is 11.0. The summed E-state index contributed by atoms with van der Waals surface area (Å²) < 4.78 is 6.28. The number of halogens is 1. The van der Waals surface area contributed by atoms with Crippen molar-refractivity contribution in [1.82, 2.24) is 5.43 Å². The molecule has 0 radical (unpaired) electrons. The molecule has 18 heavy (non-hydrogen) atoms. The van der Waals surface area contributed by atoms with E-state index in [0.717, 1.165) is 25.7 Å². The summed E-state index contributed by atoms with van der Waals surface area (Å²) in [6, 6.07) is 11.6. The normalized spacial score (nSPS) is 13.0. The molecule has 0 aliphatic heterocycles. The van der Waals surface area contributed by atoms with Gasteiger partial charge in [0.1, 0.15) is 5.58 Å². The molecule has 0 fully saturated rings. The molecule has 1 atom stereocenters. The average Bonchev–Trinajstić information content (AvgIpc) is 2.98. The Labute approximate surface area is 113 Å². The number of hydrazine groups is 1. The van der Waals surface area contributed by atoms with Gasteiger partial charge < -0.3 is 4.42 Å². The van der Waals surface area contributed by atoms with Gasteiger partial charge in [-0.3, -0.25) is 5.84 Å². The van der Waals surface area contributed by atoms with Gasteiger partial charge in [0.15, 0.2) is 0 Å². The maximum Gasteiger partial charge on any atom is 0.134 e. The van der Waals surface area contributed by atoms with Gasteiger partial charge in [-0.25, -0.2) is 5.43 Å². The highest BCUT2D eigenvalue weighted by molar-refractivity contribution is 7.16. The molecular formula is C13H11ClN2OS. The first-order valence-electron chi connectivity index (χ1n) is 5.47. The summed E-state index contributed by atoms with van der Waals surface area (Å²) in [5.41, 5.74) is 4.69. The Morgan fingerprint density at radius 2 is 2.06 bits per heavy atom. The molecule has 0 amide bonds. The summed E-state index contributed by atoms with van der Waals surface area (Å²) in [5, 5.41) is 1.06. The van der Waals surface area contributed by atoms with Crippen molar-refractivity contribution in [3.05, 3.63) is 57.4 Å². The zero-order chi connectivity index (χ0) is 12.5. The first-order chi connectivity index (χ1) is 8.79. The number of fused-ring (bicyclic) bond motifs is 1. The molecule has 0 aliphatic rings. The second kappa shape index (κ2) is 4.74. The Balaban J connectivity index is 2.11. The SMILES string of the molecule is NNC(c1ccc(Cl)s1)c1coc2ccccc12. The van der Waals surface area contributed by atoms with Crippen molar-refractivity contribution in [1.29, 1.82) is 0 Å². The summed E-state index contributed by atoms with van der Waals surface area (Å²) >= 11 is 7.48. The van der Waals surface area contributed by atoms with Gasteiger partial charge in [-0.2, -0.15) is 0 Å². The van der Waals surface area contributed by atoms with Gasteiger partial charge in [0, 0.05) is 15.8 Å². The predicted octanol–water partition coefficient (Wildman–Crippen LogP) is 3.70. The lowest BCUT2D eigenvalue weighted by atomic mass is 10.1. The van der Waals surface area contributed by atoms with Gasteiger partial charge in [0.05, 0.1) is 16.6 Å². The summed E-state index contributed by atoms with van der Waals surface area (Å²) in [4.78, 5) is 1.06. The summed E-state index contributed by atoms with van der Waals surface area (Å²) in [5.74, 6) is 5.67. The van der Waals surface area contributed by atoms with E-state index in [9.17, 15) is 0 Å². The van der Waals surface area contributed by atoms with Gasteiger partial charge in [-0.1, -0.05) is 29.8 Å². The van der Waals surface area contributed by atoms with Crippen molar-refractivity contribution in [3.8, 4) is 0 Å². The van der Waals surface area contributed by atoms with Crippen LogP contribution in [0, 0.1) is 0 Å². The predicted molar refractivity (Wildman–Crippen MR) is 74.7 cm³/mol. The van der Waals surface area contributed by atoms with Crippen LogP contribution >= 0.6 is 22.9 Å². The quantitative estimate of drug-likeness (QED) is 0.567. The lowest BCUT2D eigenvalue weighted by molar-refractivity contribution is 0.589. The van der Waals surface area contributed by atoms with E-state index in [-0.39, 0.29) is 6.04 Å². The van der Waals surface area contributed by atoms with E-state index in [1.807, 2.05) is 36.4 Å². The topological polar surface area (TPSA) is 51.2 Å². The van der Waals surface area contributed by atoms with Crippen molar-refractivity contribution in [3.63, 3.8) is 0 Å². The highest BCUT2D eigenvalue weighted by atomic mass is 35.5. The third-order valence-electron chi connectivity index (χ3n) is 2.87. The van der Waals surface area contributed by atoms with Gasteiger partial charge in [-0.05, 0) is 18.2 Å². The van der Waals surface area contributed by atoms with Gasteiger partial charge in [0.2, 0.25) is 0 Å². The standard InChI is InChI=1S/C13H11ClN2OS/c14-12-6-5-11(18-12)13(16-15)9-7-17-10-4-2-1-3-8(9)10/h1-7,13,16H,15H2. The minimum Gasteiger partial charge on any atom is -0.464 e. The fourth-order valence-corrected chi connectivity index (χ4v) is 3.17. The Morgan fingerprint density at radius 3 is 2.78 bits per heavy atom. The number of rotatable bonds is 3. The molecule has 92 valence electrons. The number of hydrogen-bond donors (Lipinski definition) is 2. The molecule has 3 N–H and O–H groups in total. The van der Waals surface area contributed by atoms with Crippen LogP contribution in [0.1, 0.15) is 16.5 Å². The lowest BCUT2D eigenvalue weighted by Crippen LogP contribution is -2.27. The van der Waals surface area contributed by atoms with Crippen molar-refractivity contribution in [2.24, 2.45) is 5.84 Å². The lowest BCUT2D eigenvalue weighted by Gasteiger charge is -2.12. The minimum absolute atomic E-state index is 0.105. The highest BCUT2D eigenvalue weighted by Crippen LogP contribution is 2.34. The largest absolute Gasteiger partial charge is 0.464 e. The Morgan fingerprint density at radius 1 is 1.22 bits per heavy atom. The third-order valence-corrected chi connectivity index (χ3v) is 4.16. The van der Waals surface area contributed by atoms with E-state index in [4.69, 9.17) is 21.9 Å². The van der Waals surface area contributed by atoms with Crippen LogP contribution in [0.25, 0.3) is 11.0 Å². The number of nitrogens with one attached hydrogen (secondary N) is 1. The van der Waals surface area contributed by atoms with Gasteiger partial charge in [0.25, 0.3) is 0 Å². The summed E-state index contributed by atoms with van der Waals surface area (Å²) in [7, 11) is 0. The molecule has 2 heterocycles. The number of furan rings is 1. The smallest absolute Gasteiger partial charge is 0.134 e. The number of thiophene rings is 1. The van der Waals surface area contributed by atoms with Gasteiger partial charge in [-0.15, -0.1) is 11.3 Å². The number of hydrogen-bond acceptors (Lipinski definition) is 4. The van der Waals surface area contributed by atoms with Crippen molar-refractivity contribution >= 4 is 33.9 Å². The molecular weight excluding hydrogens is 268 g/mol. The van der Waals surface area contributed by atoms with E-state index < -0.39 is 0 Å². The number of nitrogens with two attached hydrogens (primary N) is 1.